The summed E-state index contributed by atoms with van der Waals surface area (Å²) in [5, 5.41) is 1.12. The van der Waals surface area contributed by atoms with Gasteiger partial charge >= 0.3 is 0 Å². The van der Waals surface area contributed by atoms with Gasteiger partial charge in [-0.2, -0.15) is 12.6 Å². The first kappa shape index (κ1) is 11.8. The minimum Gasteiger partial charge on any atom is -0.489 e. The number of ether oxygens (including phenoxy) is 1. The van der Waals surface area contributed by atoms with Gasteiger partial charge in [0.05, 0.1) is 0 Å². The standard InChI is InChI=1S/C10H10Cl2OS/c1-7(6-14)5-13-10-3-8(11)2-9(12)4-10/h2-4,14H,1,5-6H2. The lowest BCUT2D eigenvalue weighted by Gasteiger charge is -2.07. The minimum atomic E-state index is 0.431. The molecule has 0 aliphatic rings. The van der Waals surface area contributed by atoms with Crippen LogP contribution >= 0.6 is 35.8 Å². The number of thiol groups is 1. The summed E-state index contributed by atoms with van der Waals surface area (Å²) >= 11 is 15.7. The predicted molar refractivity (Wildman–Crippen MR) is 65.0 cm³/mol. The third kappa shape index (κ3) is 3.82. The summed E-state index contributed by atoms with van der Waals surface area (Å²) in [6.07, 6.45) is 0. The van der Waals surface area contributed by atoms with Crippen molar-refractivity contribution in [3.63, 3.8) is 0 Å². The van der Waals surface area contributed by atoms with Crippen LogP contribution in [0.2, 0.25) is 10.0 Å². The van der Waals surface area contributed by atoms with Crippen molar-refractivity contribution in [2.45, 2.75) is 0 Å². The van der Waals surface area contributed by atoms with Gasteiger partial charge in [0.1, 0.15) is 12.4 Å². The number of rotatable bonds is 4. The monoisotopic (exact) mass is 248 g/mol. The van der Waals surface area contributed by atoms with E-state index in [4.69, 9.17) is 27.9 Å². The first-order valence-electron chi connectivity index (χ1n) is 3.98. The molecule has 0 amide bonds. The molecular weight excluding hydrogens is 239 g/mol. The molecule has 0 radical (unpaired) electrons. The van der Waals surface area contributed by atoms with Gasteiger partial charge in [-0.1, -0.05) is 29.8 Å². The Hall–Kier alpha value is -0.310. The summed E-state index contributed by atoms with van der Waals surface area (Å²) in [6, 6.07) is 5.07. The molecule has 4 heteroatoms. The second kappa shape index (κ2) is 5.54. The molecule has 1 aromatic rings. The van der Waals surface area contributed by atoms with E-state index in [1.807, 2.05) is 0 Å². The molecular formula is C10H10Cl2OS. The van der Waals surface area contributed by atoms with Crippen molar-refractivity contribution in [3.05, 3.63) is 40.4 Å². The maximum Gasteiger partial charge on any atom is 0.122 e. The second-order valence-electron chi connectivity index (χ2n) is 2.80. The largest absolute Gasteiger partial charge is 0.489 e. The maximum absolute atomic E-state index is 5.80. The Morgan fingerprint density at radius 3 is 2.36 bits per heavy atom. The zero-order chi connectivity index (χ0) is 10.6. The molecule has 0 unspecified atom stereocenters. The average molecular weight is 249 g/mol. The Morgan fingerprint density at radius 2 is 1.86 bits per heavy atom. The van der Waals surface area contributed by atoms with Crippen LogP contribution in [0, 0.1) is 0 Å². The summed E-state index contributed by atoms with van der Waals surface area (Å²) in [6.45, 7) is 4.20. The number of hydrogen-bond acceptors (Lipinski definition) is 2. The van der Waals surface area contributed by atoms with E-state index in [-0.39, 0.29) is 0 Å². The van der Waals surface area contributed by atoms with E-state index in [1.165, 1.54) is 0 Å². The lowest BCUT2D eigenvalue weighted by Crippen LogP contribution is -2.01. The van der Waals surface area contributed by atoms with Crippen molar-refractivity contribution >= 4 is 35.8 Å². The SMILES string of the molecule is C=C(CS)COc1cc(Cl)cc(Cl)c1. The van der Waals surface area contributed by atoms with Crippen molar-refractivity contribution in [2.75, 3.05) is 12.4 Å². The molecule has 1 rings (SSSR count). The molecule has 1 nitrogen and oxygen atoms in total. The molecule has 14 heavy (non-hydrogen) atoms. The molecule has 76 valence electrons. The number of benzene rings is 1. The highest BCUT2D eigenvalue weighted by Gasteiger charge is 1.99. The summed E-state index contributed by atoms with van der Waals surface area (Å²) in [4.78, 5) is 0. The van der Waals surface area contributed by atoms with E-state index in [0.717, 1.165) is 5.57 Å². The molecule has 0 saturated carbocycles. The molecule has 0 aliphatic carbocycles. The third-order valence-electron chi connectivity index (χ3n) is 1.50. The fourth-order valence-corrected chi connectivity index (χ4v) is 1.44. The van der Waals surface area contributed by atoms with Gasteiger partial charge in [-0.3, -0.25) is 0 Å². The summed E-state index contributed by atoms with van der Waals surface area (Å²) in [5.41, 5.74) is 0.907. The molecule has 0 saturated heterocycles. The van der Waals surface area contributed by atoms with E-state index in [9.17, 15) is 0 Å². The predicted octanol–water partition coefficient (Wildman–Crippen LogP) is 3.86. The van der Waals surface area contributed by atoms with Gasteiger partial charge in [0.2, 0.25) is 0 Å². The Labute approximate surface area is 99.1 Å². The summed E-state index contributed by atoms with van der Waals surface area (Å²) in [7, 11) is 0. The van der Waals surface area contributed by atoms with Gasteiger partial charge in [0.25, 0.3) is 0 Å². The molecule has 0 atom stereocenters. The summed E-state index contributed by atoms with van der Waals surface area (Å²) in [5.74, 6) is 1.25. The Kier molecular flexibility index (Phi) is 4.66. The Bertz CT molecular complexity index is 319. The quantitative estimate of drug-likeness (QED) is 0.629. The average Bonchev–Trinajstić information content (AvgIpc) is 2.12. The summed E-state index contributed by atoms with van der Waals surface area (Å²) < 4.78 is 5.40. The molecule has 0 aromatic heterocycles. The van der Waals surface area contributed by atoms with Gasteiger partial charge < -0.3 is 4.74 Å². The third-order valence-corrected chi connectivity index (χ3v) is 2.39. The van der Waals surface area contributed by atoms with Crippen molar-refractivity contribution in [1.29, 1.82) is 0 Å². The smallest absolute Gasteiger partial charge is 0.122 e. The van der Waals surface area contributed by atoms with Crippen LogP contribution < -0.4 is 4.74 Å². The van der Waals surface area contributed by atoms with Crippen LogP contribution in [0.15, 0.2) is 30.4 Å². The van der Waals surface area contributed by atoms with Crippen LogP contribution in [0.25, 0.3) is 0 Å². The highest BCUT2D eigenvalue weighted by molar-refractivity contribution is 7.80. The van der Waals surface area contributed by atoms with E-state index in [2.05, 4.69) is 19.2 Å². The number of halogens is 2. The molecule has 0 N–H and O–H groups in total. The van der Waals surface area contributed by atoms with E-state index >= 15 is 0 Å². The molecule has 0 spiro atoms. The highest BCUT2D eigenvalue weighted by Crippen LogP contribution is 2.24. The highest BCUT2D eigenvalue weighted by atomic mass is 35.5. The van der Waals surface area contributed by atoms with Gasteiger partial charge in [0, 0.05) is 15.8 Å². The van der Waals surface area contributed by atoms with Crippen molar-refractivity contribution in [1.82, 2.24) is 0 Å². The van der Waals surface area contributed by atoms with Crippen molar-refractivity contribution in [2.24, 2.45) is 0 Å². The second-order valence-corrected chi connectivity index (χ2v) is 3.99. The first-order chi connectivity index (χ1) is 6.61. The van der Waals surface area contributed by atoms with Gasteiger partial charge in [0.15, 0.2) is 0 Å². The maximum atomic E-state index is 5.80. The topological polar surface area (TPSA) is 9.23 Å². The Balaban J connectivity index is 2.63. The minimum absolute atomic E-state index is 0.431. The van der Waals surface area contributed by atoms with Crippen LogP contribution in [-0.2, 0) is 0 Å². The van der Waals surface area contributed by atoms with Gasteiger partial charge in [-0.25, -0.2) is 0 Å². The fourth-order valence-electron chi connectivity index (χ4n) is 0.843. The van der Waals surface area contributed by atoms with Gasteiger partial charge in [-0.05, 0) is 23.8 Å². The van der Waals surface area contributed by atoms with Crippen molar-refractivity contribution in [3.8, 4) is 5.75 Å². The van der Waals surface area contributed by atoms with Gasteiger partial charge in [-0.15, -0.1) is 0 Å². The Morgan fingerprint density at radius 1 is 1.29 bits per heavy atom. The molecule has 0 fully saturated rings. The fraction of sp³-hybridized carbons (Fsp3) is 0.200. The molecule has 1 aromatic carbocycles. The van der Waals surface area contributed by atoms with Crippen LogP contribution in [0.3, 0.4) is 0 Å². The number of hydrogen-bond donors (Lipinski definition) is 1. The molecule has 0 bridgehead atoms. The first-order valence-corrected chi connectivity index (χ1v) is 5.37. The lowest BCUT2D eigenvalue weighted by atomic mass is 10.3. The molecule has 0 aliphatic heterocycles. The van der Waals surface area contributed by atoms with Crippen LogP contribution in [0.5, 0.6) is 5.75 Å². The van der Waals surface area contributed by atoms with E-state index in [1.54, 1.807) is 18.2 Å². The molecule has 0 heterocycles. The van der Waals surface area contributed by atoms with E-state index < -0.39 is 0 Å². The van der Waals surface area contributed by atoms with E-state index in [0.29, 0.717) is 28.2 Å². The lowest BCUT2D eigenvalue weighted by molar-refractivity contribution is 0.353. The van der Waals surface area contributed by atoms with Crippen LogP contribution in [-0.4, -0.2) is 12.4 Å². The van der Waals surface area contributed by atoms with Crippen molar-refractivity contribution < 1.29 is 4.74 Å². The zero-order valence-corrected chi connectivity index (χ0v) is 9.87. The van der Waals surface area contributed by atoms with Crippen LogP contribution in [0.1, 0.15) is 0 Å². The normalized spacial score (nSPS) is 9.93. The zero-order valence-electron chi connectivity index (χ0n) is 7.46. The van der Waals surface area contributed by atoms with Crippen LogP contribution in [0.4, 0.5) is 0 Å².